The molecule has 2 unspecified atom stereocenters. The van der Waals surface area contributed by atoms with E-state index in [4.69, 9.17) is 0 Å². The number of aryl methyl sites for hydroxylation is 1. The van der Waals surface area contributed by atoms with Crippen molar-refractivity contribution < 1.29 is 8.42 Å². The molecule has 5 nitrogen and oxygen atoms in total. The molecule has 1 aromatic rings. The Morgan fingerprint density at radius 3 is 2.68 bits per heavy atom. The predicted molar refractivity (Wildman–Crippen MR) is 90.2 cm³/mol. The quantitative estimate of drug-likeness (QED) is 0.837. The molecule has 3 fully saturated rings. The van der Waals surface area contributed by atoms with Gasteiger partial charge in [-0.3, -0.25) is 4.90 Å². The molecule has 0 N–H and O–H groups in total. The van der Waals surface area contributed by atoms with Gasteiger partial charge in [0.05, 0.1) is 0 Å². The van der Waals surface area contributed by atoms with Crippen LogP contribution >= 0.6 is 11.3 Å². The number of rotatable bonds is 4. The summed E-state index contributed by atoms with van der Waals surface area (Å²) in [4.78, 5) is 3.91. The maximum absolute atomic E-state index is 12.5. The summed E-state index contributed by atoms with van der Waals surface area (Å²) in [6.45, 7) is 5.42. The number of hydrogen-bond donors (Lipinski definition) is 0. The molecule has 0 aromatic carbocycles. The predicted octanol–water partition coefficient (Wildman–Crippen LogP) is 1.76. The Hall–Kier alpha value is -0.470. The first-order chi connectivity index (χ1) is 10.4. The molecule has 0 saturated carbocycles. The monoisotopic (exact) mass is 343 g/mol. The smallest absolute Gasteiger partial charge is 0.281 e. The molecule has 3 aliphatic rings. The molecule has 124 valence electrons. The minimum atomic E-state index is -3.30. The largest absolute Gasteiger partial charge is 0.294 e. The van der Waals surface area contributed by atoms with Crippen molar-refractivity contribution in [2.45, 2.75) is 32.4 Å². The molecule has 4 rings (SSSR count). The molecule has 0 spiro atoms. The number of piperidine rings is 1. The molecule has 2 atom stereocenters. The van der Waals surface area contributed by atoms with Crippen molar-refractivity contribution in [1.82, 2.24) is 13.5 Å². The fourth-order valence-electron chi connectivity index (χ4n) is 3.50. The van der Waals surface area contributed by atoms with Crippen molar-refractivity contribution in [2.24, 2.45) is 5.92 Å². The second-order valence-electron chi connectivity index (χ2n) is 6.66. The summed E-state index contributed by atoms with van der Waals surface area (Å²) < 4.78 is 28.0. The Balaban J connectivity index is 1.78. The second-order valence-corrected chi connectivity index (χ2v) is 9.80. The van der Waals surface area contributed by atoms with Crippen LogP contribution in [0.25, 0.3) is 0 Å². The minimum absolute atomic E-state index is 0.343. The van der Waals surface area contributed by atoms with E-state index >= 15 is 0 Å². The third-order valence-corrected chi connectivity index (χ3v) is 7.78. The first-order valence-corrected chi connectivity index (χ1v) is 10.1. The summed E-state index contributed by atoms with van der Waals surface area (Å²) in [5.41, 5.74) is 1.35. The van der Waals surface area contributed by atoms with Gasteiger partial charge < -0.3 is 0 Å². The van der Waals surface area contributed by atoms with Crippen LogP contribution in [0.15, 0.2) is 11.4 Å². The van der Waals surface area contributed by atoms with Crippen LogP contribution in [0.5, 0.6) is 0 Å². The van der Waals surface area contributed by atoms with Crippen molar-refractivity contribution in [1.29, 1.82) is 0 Å². The first-order valence-electron chi connectivity index (χ1n) is 7.82. The molecule has 2 bridgehead atoms. The van der Waals surface area contributed by atoms with E-state index in [0.29, 0.717) is 25.0 Å². The summed E-state index contributed by atoms with van der Waals surface area (Å²) in [6.07, 6.45) is 2.25. The summed E-state index contributed by atoms with van der Waals surface area (Å²) in [5, 5.41) is 2.14. The molecule has 1 aromatic heterocycles. The van der Waals surface area contributed by atoms with Gasteiger partial charge in [-0.25, -0.2) is 0 Å². The van der Waals surface area contributed by atoms with Gasteiger partial charge in [-0.2, -0.15) is 17.0 Å². The summed E-state index contributed by atoms with van der Waals surface area (Å²) in [5.74, 6) is 0.453. The van der Waals surface area contributed by atoms with Crippen LogP contribution in [0.4, 0.5) is 0 Å². The van der Waals surface area contributed by atoms with Gasteiger partial charge >= 0.3 is 0 Å². The molecular formula is C15H25N3O2S2. The lowest BCUT2D eigenvalue weighted by Gasteiger charge is -2.36. The van der Waals surface area contributed by atoms with E-state index in [9.17, 15) is 8.42 Å². The molecule has 22 heavy (non-hydrogen) atoms. The van der Waals surface area contributed by atoms with Gasteiger partial charge in [0.1, 0.15) is 0 Å². The Labute approximate surface area is 137 Å². The van der Waals surface area contributed by atoms with E-state index in [1.807, 2.05) is 0 Å². The van der Waals surface area contributed by atoms with Crippen LogP contribution < -0.4 is 0 Å². The summed E-state index contributed by atoms with van der Waals surface area (Å²) in [6, 6.07) is 2.51. The van der Waals surface area contributed by atoms with Gasteiger partial charge in [-0.15, -0.1) is 11.3 Å². The highest BCUT2D eigenvalue weighted by Gasteiger charge is 2.39. The summed E-state index contributed by atoms with van der Waals surface area (Å²) >= 11 is 1.81. The van der Waals surface area contributed by atoms with E-state index in [1.54, 1.807) is 29.7 Å². The Kier molecular flexibility index (Phi) is 4.62. The summed E-state index contributed by atoms with van der Waals surface area (Å²) in [7, 11) is -0.0602. The van der Waals surface area contributed by atoms with E-state index < -0.39 is 10.2 Å². The van der Waals surface area contributed by atoms with E-state index in [-0.39, 0.29) is 0 Å². The molecule has 0 aliphatic carbocycles. The molecule has 7 heteroatoms. The lowest BCUT2D eigenvalue weighted by atomic mass is 9.95. The van der Waals surface area contributed by atoms with Gasteiger partial charge in [0, 0.05) is 51.2 Å². The zero-order valence-electron chi connectivity index (χ0n) is 13.5. The Morgan fingerprint density at radius 2 is 2.05 bits per heavy atom. The van der Waals surface area contributed by atoms with Crippen LogP contribution in [0.1, 0.15) is 23.3 Å². The molecule has 3 saturated heterocycles. The van der Waals surface area contributed by atoms with Crippen molar-refractivity contribution in [3.63, 3.8) is 0 Å². The lowest BCUT2D eigenvalue weighted by molar-refractivity contribution is 0.126. The van der Waals surface area contributed by atoms with Gasteiger partial charge in [0.15, 0.2) is 0 Å². The Morgan fingerprint density at radius 1 is 1.27 bits per heavy atom. The normalized spacial score (nSPS) is 27.5. The number of hydrogen-bond acceptors (Lipinski definition) is 4. The topological polar surface area (TPSA) is 43.9 Å². The average molecular weight is 344 g/mol. The van der Waals surface area contributed by atoms with Crippen LogP contribution in [0, 0.1) is 12.8 Å². The first kappa shape index (κ1) is 16.4. The SMILES string of the molecule is Cc1ccsc1CN1CC2CCC1CN(S(=O)(=O)N(C)C)C2. The highest BCUT2D eigenvalue weighted by atomic mass is 32.2. The third kappa shape index (κ3) is 3.10. The van der Waals surface area contributed by atoms with Crippen molar-refractivity contribution >= 4 is 21.5 Å². The minimum Gasteiger partial charge on any atom is -0.294 e. The van der Waals surface area contributed by atoms with Crippen molar-refractivity contribution in [3.05, 3.63) is 21.9 Å². The van der Waals surface area contributed by atoms with E-state index in [1.165, 1.54) is 14.7 Å². The average Bonchev–Trinajstić information content (AvgIpc) is 2.68. The second kappa shape index (κ2) is 6.20. The van der Waals surface area contributed by atoms with E-state index in [0.717, 1.165) is 25.9 Å². The number of thiophene rings is 1. The standard InChI is InChI=1S/C15H25N3O2S2/c1-12-6-7-21-15(12)11-17-8-13-4-5-14(17)10-18(9-13)22(19,20)16(2)3/h6-7,13-14H,4-5,8-11H2,1-3H3. The fourth-order valence-corrected chi connectivity index (χ4v) is 5.65. The van der Waals surface area contributed by atoms with Crippen LogP contribution in [-0.2, 0) is 16.8 Å². The van der Waals surface area contributed by atoms with E-state index in [2.05, 4.69) is 23.3 Å². The molecule has 3 aliphatic heterocycles. The van der Waals surface area contributed by atoms with Gasteiger partial charge in [0.2, 0.25) is 0 Å². The van der Waals surface area contributed by atoms with Crippen molar-refractivity contribution in [3.8, 4) is 0 Å². The van der Waals surface area contributed by atoms with Gasteiger partial charge in [-0.1, -0.05) is 0 Å². The highest BCUT2D eigenvalue weighted by molar-refractivity contribution is 7.86. The van der Waals surface area contributed by atoms with Crippen molar-refractivity contribution in [2.75, 3.05) is 33.7 Å². The van der Waals surface area contributed by atoms with Crippen LogP contribution in [0.2, 0.25) is 0 Å². The van der Waals surface area contributed by atoms with Crippen LogP contribution in [-0.4, -0.2) is 61.7 Å². The van der Waals surface area contributed by atoms with Crippen LogP contribution in [0.3, 0.4) is 0 Å². The molecular weight excluding hydrogens is 318 g/mol. The molecule has 0 amide bonds. The maximum Gasteiger partial charge on any atom is 0.281 e. The molecule has 0 radical (unpaired) electrons. The maximum atomic E-state index is 12.5. The fraction of sp³-hybridized carbons (Fsp3) is 0.733. The molecule has 4 heterocycles. The Bertz CT molecular complexity index is 626. The highest BCUT2D eigenvalue weighted by Crippen LogP contribution is 2.32. The number of nitrogens with zero attached hydrogens (tertiary/aromatic N) is 3. The zero-order chi connectivity index (χ0) is 15.9. The third-order valence-electron chi connectivity index (χ3n) is 4.90. The zero-order valence-corrected chi connectivity index (χ0v) is 15.2. The van der Waals surface area contributed by atoms with Gasteiger partial charge in [-0.05, 0) is 42.7 Å². The lowest BCUT2D eigenvalue weighted by Crippen LogP contribution is -2.45. The number of fused-ring (bicyclic) bond motifs is 4. The van der Waals surface area contributed by atoms with Gasteiger partial charge in [0.25, 0.3) is 10.2 Å².